The van der Waals surface area contributed by atoms with Crippen LogP contribution in [-0.4, -0.2) is 55.5 Å². The fourth-order valence-corrected chi connectivity index (χ4v) is 2.34. The predicted molar refractivity (Wildman–Crippen MR) is 68.7 cm³/mol. The number of aliphatic hydroxyl groups is 1. The maximum absolute atomic E-state index is 9.83. The molecule has 1 fully saturated rings. The molecule has 17 heavy (non-hydrogen) atoms. The summed E-state index contributed by atoms with van der Waals surface area (Å²) in [4.78, 5) is 2.36. The summed E-state index contributed by atoms with van der Waals surface area (Å²) in [5.41, 5.74) is 0. The number of nitrogens with zero attached hydrogens (tertiary/aromatic N) is 1. The lowest BCUT2D eigenvalue weighted by molar-refractivity contribution is 0.229. The highest BCUT2D eigenvalue weighted by Crippen LogP contribution is 2.20. The van der Waals surface area contributed by atoms with E-state index in [-0.39, 0.29) is 18.8 Å². The van der Waals surface area contributed by atoms with Gasteiger partial charge in [-0.15, -0.1) is 0 Å². The Morgan fingerprint density at radius 1 is 1.18 bits per heavy atom. The molecule has 1 aliphatic carbocycles. The van der Waals surface area contributed by atoms with Crippen LogP contribution < -0.4 is 0 Å². The maximum Gasteiger partial charge on any atom is 0.264 e. The van der Waals surface area contributed by atoms with Crippen LogP contribution in [0.2, 0.25) is 0 Å². The first-order valence-corrected chi connectivity index (χ1v) is 7.70. The molecule has 0 saturated heterocycles. The number of hydrogen-bond acceptors (Lipinski definition) is 4. The lowest BCUT2D eigenvalue weighted by Crippen LogP contribution is -2.29. The highest BCUT2D eigenvalue weighted by molar-refractivity contribution is 7.85. The van der Waals surface area contributed by atoms with Gasteiger partial charge in [-0.2, -0.15) is 8.42 Å². The summed E-state index contributed by atoms with van der Waals surface area (Å²) >= 11 is 0. The molecule has 6 heteroatoms. The van der Waals surface area contributed by atoms with E-state index in [4.69, 9.17) is 9.66 Å². The van der Waals surface area contributed by atoms with Crippen molar-refractivity contribution in [2.75, 3.05) is 26.5 Å². The Hall–Kier alpha value is -0.170. The molecule has 0 aromatic carbocycles. The van der Waals surface area contributed by atoms with Gasteiger partial charge in [-0.25, -0.2) is 0 Å². The fourth-order valence-electron chi connectivity index (χ4n) is 1.84. The van der Waals surface area contributed by atoms with Crippen molar-refractivity contribution in [1.29, 1.82) is 0 Å². The highest BCUT2D eigenvalue weighted by atomic mass is 32.2. The molecule has 0 bridgehead atoms. The Balaban J connectivity index is 0.000000304. The molecular weight excluding hydrogens is 242 g/mol. The van der Waals surface area contributed by atoms with Gasteiger partial charge in [0, 0.05) is 12.6 Å². The van der Waals surface area contributed by atoms with Crippen molar-refractivity contribution in [2.45, 2.75) is 44.6 Å². The van der Waals surface area contributed by atoms with Gasteiger partial charge in [0.25, 0.3) is 10.1 Å². The third-order valence-electron chi connectivity index (χ3n) is 2.87. The Bertz CT molecular complexity index is 271. The zero-order chi connectivity index (χ0) is 13.3. The topological polar surface area (TPSA) is 77.8 Å². The molecular formula is C11H25NO4S. The minimum absolute atomic E-state index is 0.0961. The van der Waals surface area contributed by atoms with E-state index < -0.39 is 10.1 Å². The molecule has 2 N–H and O–H groups in total. The van der Waals surface area contributed by atoms with Gasteiger partial charge >= 0.3 is 0 Å². The van der Waals surface area contributed by atoms with Crippen LogP contribution in [0.5, 0.6) is 0 Å². The third-order valence-corrected chi connectivity index (χ3v) is 3.67. The largest absolute Gasteiger partial charge is 0.396 e. The lowest BCUT2D eigenvalue weighted by Gasteiger charge is -2.27. The van der Waals surface area contributed by atoms with Crippen molar-refractivity contribution in [3.63, 3.8) is 0 Å². The first kappa shape index (κ1) is 16.8. The molecule has 0 radical (unpaired) electrons. The Kier molecular flexibility index (Phi) is 8.77. The molecule has 104 valence electrons. The molecule has 0 aromatic heterocycles. The smallest absolute Gasteiger partial charge is 0.264 e. The van der Waals surface area contributed by atoms with Crippen molar-refractivity contribution >= 4 is 10.1 Å². The summed E-state index contributed by atoms with van der Waals surface area (Å²) in [6.07, 6.45) is 7.30. The molecule has 1 aliphatic rings. The predicted octanol–water partition coefficient (Wildman–Crippen LogP) is 1.14. The zero-order valence-corrected chi connectivity index (χ0v) is 11.6. The van der Waals surface area contributed by atoms with Gasteiger partial charge in [-0.05, 0) is 33.4 Å². The molecule has 1 rings (SSSR count). The van der Waals surface area contributed by atoms with Crippen LogP contribution in [0.25, 0.3) is 0 Å². The number of rotatable bonds is 4. The Morgan fingerprint density at radius 2 is 1.71 bits per heavy atom. The quantitative estimate of drug-likeness (QED) is 0.747. The van der Waals surface area contributed by atoms with Gasteiger partial charge in [0.05, 0.1) is 5.75 Å². The van der Waals surface area contributed by atoms with E-state index in [1.807, 2.05) is 0 Å². The van der Waals surface area contributed by atoms with Gasteiger partial charge in [0.1, 0.15) is 0 Å². The average Bonchev–Trinajstić information content (AvgIpc) is 2.27. The van der Waals surface area contributed by atoms with Crippen LogP contribution in [0.15, 0.2) is 0 Å². The van der Waals surface area contributed by atoms with Crippen LogP contribution >= 0.6 is 0 Å². The molecule has 0 atom stereocenters. The first-order valence-electron chi connectivity index (χ1n) is 6.09. The second-order valence-electron chi connectivity index (χ2n) is 4.62. The van der Waals surface area contributed by atoms with Gasteiger partial charge < -0.3 is 10.0 Å². The van der Waals surface area contributed by atoms with Crippen LogP contribution in [0.4, 0.5) is 0 Å². The van der Waals surface area contributed by atoms with Crippen LogP contribution in [0.1, 0.15) is 38.5 Å². The first-order chi connectivity index (χ1) is 7.87. The van der Waals surface area contributed by atoms with Gasteiger partial charge in [-0.3, -0.25) is 4.55 Å². The molecule has 0 amide bonds. The second-order valence-corrected chi connectivity index (χ2v) is 6.19. The Morgan fingerprint density at radius 3 is 1.94 bits per heavy atom. The second kappa shape index (κ2) is 8.85. The minimum atomic E-state index is -3.85. The molecule has 0 unspecified atom stereocenters. The van der Waals surface area contributed by atoms with Gasteiger partial charge in [0.2, 0.25) is 0 Å². The molecule has 0 spiro atoms. The normalized spacial score (nSPS) is 17.7. The summed E-state index contributed by atoms with van der Waals surface area (Å²) in [6.45, 7) is -0.209. The van der Waals surface area contributed by atoms with E-state index in [1.165, 1.54) is 32.1 Å². The Labute approximate surface area is 105 Å². The monoisotopic (exact) mass is 267 g/mol. The molecule has 5 nitrogen and oxygen atoms in total. The minimum Gasteiger partial charge on any atom is -0.396 e. The molecule has 0 aliphatic heterocycles. The van der Waals surface area contributed by atoms with E-state index in [0.717, 1.165) is 6.04 Å². The lowest BCUT2D eigenvalue weighted by atomic mass is 9.95. The third kappa shape index (κ3) is 10.7. The van der Waals surface area contributed by atoms with Crippen LogP contribution in [0, 0.1) is 0 Å². The maximum atomic E-state index is 9.83. The van der Waals surface area contributed by atoms with Crippen molar-refractivity contribution in [2.24, 2.45) is 0 Å². The van der Waals surface area contributed by atoms with Crippen molar-refractivity contribution < 1.29 is 18.1 Å². The SMILES string of the molecule is CN(C)C1CCCCC1.O=S(=O)(O)CCCO. The summed E-state index contributed by atoms with van der Waals surface area (Å²) in [6, 6.07) is 0.888. The van der Waals surface area contributed by atoms with E-state index in [1.54, 1.807) is 0 Å². The highest BCUT2D eigenvalue weighted by Gasteiger charge is 2.13. The fraction of sp³-hybridized carbons (Fsp3) is 1.00. The van der Waals surface area contributed by atoms with Crippen molar-refractivity contribution in [3.05, 3.63) is 0 Å². The summed E-state index contributed by atoms with van der Waals surface area (Å²) < 4.78 is 27.7. The van der Waals surface area contributed by atoms with E-state index >= 15 is 0 Å². The van der Waals surface area contributed by atoms with E-state index in [9.17, 15) is 8.42 Å². The zero-order valence-electron chi connectivity index (χ0n) is 10.8. The standard InChI is InChI=1S/C8H17N.C3H8O4S/c1-9(2)8-6-4-3-5-7-8;4-2-1-3-8(5,6)7/h8H,3-7H2,1-2H3;4H,1-3H2,(H,5,6,7). The van der Waals surface area contributed by atoms with Crippen molar-refractivity contribution in [1.82, 2.24) is 4.90 Å². The van der Waals surface area contributed by atoms with Gasteiger partial charge in [-0.1, -0.05) is 19.3 Å². The molecule has 1 saturated carbocycles. The summed E-state index contributed by atoms with van der Waals surface area (Å²) in [5, 5.41) is 8.05. The van der Waals surface area contributed by atoms with Crippen molar-refractivity contribution in [3.8, 4) is 0 Å². The molecule has 0 heterocycles. The summed E-state index contributed by atoms with van der Waals surface area (Å²) in [5.74, 6) is -0.358. The number of hydrogen-bond donors (Lipinski definition) is 2. The number of aliphatic hydroxyl groups excluding tert-OH is 1. The van der Waals surface area contributed by atoms with Crippen LogP contribution in [-0.2, 0) is 10.1 Å². The van der Waals surface area contributed by atoms with E-state index in [0.29, 0.717) is 0 Å². The van der Waals surface area contributed by atoms with Gasteiger partial charge in [0.15, 0.2) is 0 Å². The van der Waals surface area contributed by atoms with Crippen LogP contribution in [0.3, 0.4) is 0 Å². The van der Waals surface area contributed by atoms with E-state index in [2.05, 4.69) is 19.0 Å². The summed E-state index contributed by atoms with van der Waals surface area (Å²) in [7, 11) is 0.535. The average molecular weight is 267 g/mol. The molecule has 0 aromatic rings.